The topological polar surface area (TPSA) is 131 Å². The van der Waals surface area contributed by atoms with Gasteiger partial charge in [-0.1, -0.05) is 380 Å². The SMILES string of the molecule is CCCCCCCCCCC[C@H]1c2cc(c3c(c2O)CN(Cc2ccccc2)CO3)[C@@H](CCCCCCCCCCC)c2cc(c3c(c2O)CN(Cc2ccccc2)CO3)[C@@H](CCCCCCCCCCC)c2cc(c3c(c2O)CN(Cc2ccccc2)CO3)[C@@H](CCCCCCCCCCC)c2cc1c1c(c2O)CN(Cc2ccccc2)CO1. The third kappa shape index (κ3) is 24.3. The van der Waals surface area contributed by atoms with Crippen molar-refractivity contribution in [2.24, 2.45) is 0 Å². The first-order chi connectivity index (χ1) is 59.1. The van der Waals surface area contributed by atoms with Gasteiger partial charge in [0, 0.05) is 121 Å². The van der Waals surface area contributed by atoms with Crippen LogP contribution in [0.1, 0.15) is 397 Å². The third-order valence-corrected chi connectivity index (χ3v) is 27.1. The maximum Gasteiger partial charge on any atom is 0.142 e. The summed E-state index contributed by atoms with van der Waals surface area (Å²) in [4.78, 5) is 9.33. The number of hydrogen-bond donors (Lipinski definition) is 4. The van der Waals surface area contributed by atoms with E-state index in [0.29, 0.717) is 102 Å². The Morgan fingerprint density at radius 1 is 0.233 bits per heavy atom. The molecule has 0 aromatic heterocycles. The van der Waals surface area contributed by atoms with Gasteiger partial charge in [0.15, 0.2) is 0 Å². The van der Waals surface area contributed by atoms with E-state index < -0.39 is 23.7 Å². The van der Waals surface area contributed by atoms with Gasteiger partial charge in [0.05, 0.1) is 22.3 Å². The molecule has 0 radical (unpaired) electrons. The van der Waals surface area contributed by atoms with Crippen LogP contribution in [0.15, 0.2) is 146 Å². The lowest BCUT2D eigenvalue weighted by Gasteiger charge is -2.38. The Balaban J connectivity index is 1.08. The van der Waals surface area contributed by atoms with E-state index in [1.54, 1.807) is 0 Å². The lowest BCUT2D eigenvalue weighted by atomic mass is 9.74. The molecular weight excluding hydrogens is 1480 g/mol. The zero-order valence-corrected chi connectivity index (χ0v) is 74.1. The molecule has 0 unspecified atom stereocenters. The number of rotatable bonds is 48. The van der Waals surface area contributed by atoms with Crippen molar-refractivity contribution in [3.05, 3.63) is 235 Å². The van der Waals surface area contributed by atoms with Gasteiger partial charge in [0.25, 0.3) is 0 Å². The van der Waals surface area contributed by atoms with E-state index in [9.17, 15) is 20.4 Å². The fourth-order valence-corrected chi connectivity index (χ4v) is 20.4. The molecule has 0 saturated heterocycles. The number of phenols is 4. The number of unbranched alkanes of at least 4 members (excludes halogenated alkanes) is 32. The van der Waals surface area contributed by atoms with Crippen LogP contribution in [0, 0.1) is 0 Å². The fraction of sp³-hybridized carbons (Fsp3) is 0.556. The number of fused-ring (bicyclic) bond motifs is 16. The molecular formula is C108H148N4O8. The normalized spacial score (nSPS) is 17.3. The Morgan fingerprint density at radius 3 is 0.592 bits per heavy atom. The lowest BCUT2D eigenvalue weighted by molar-refractivity contribution is 0.0842. The van der Waals surface area contributed by atoms with Crippen molar-refractivity contribution in [1.29, 1.82) is 0 Å². The summed E-state index contributed by atoms with van der Waals surface area (Å²) in [6.07, 6.45) is 45.0. The molecule has 0 spiro atoms. The molecule has 648 valence electrons. The van der Waals surface area contributed by atoms with E-state index in [1.165, 1.54) is 176 Å². The van der Waals surface area contributed by atoms with Crippen LogP contribution in [-0.4, -0.2) is 66.9 Å². The molecule has 1 aliphatic carbocycles. The molecule has 4 heterocycles. The summed E-state index contributed by atoms with van der Waals surface area (Å²) in [7, 11) is 0. The van der Waals surface area contributed by atoms with Gasteiger partial charge < -0.3 is 39.4 Å². The van der Waals surface area contributed by atoms with Crippen molar-refractivity contribution in [3.63, 3.8) is 0 Å². The summed E-state index contributed by atoms with van der Waals surface area (Å²) in [6, 6.07) is 52.1. The zero-order valence-electron chi connectivity index (χ0n) is 74.1. The van der Waals surface area contributed by atoms with Gasteiger partial charge in [-0.2, -0.15) is 0 Å². The van der Waals surface area contributed by atoms with Crippen LogP contribution in [0.5, 0.6) is 46.0 Å². The smallest absolute Gasteiger partial charge is 0.142 e. The van der Waals surface area contributed by atoms with E-state index in [0.717, 1.165) is 169 Å². The second kappa shape index (κ2) is 47.6. The van der Waals surface area contributed by atoms with Crippen molar-refractivity contribution >= 4 is 0 Å². The Bertz CT molecular complexity index is 3830. The van der Waals surface area contributed by atoms with Crippen LogP contribution in [-0.2, 0) is 52.4 Å². The number of nitrogens with zero attached hydrogens (tertiary/aromatic N) is 4. The summed E-state index contributed by atoms with van der Waals surface area (Å²) < 4.78 is 29.8. The molecule has 0 amide bonds. The number of ether oxygens (including phenoxy) is 4. The Morgan fingerprint density at radius 2 is 0.408 bits per heavy atom. The molecule has 4 atom stereocenters. The Labute approximate surface area is 722 Å². The minimum Gasteiger partial charge on any atom is -0.507 e. The zero-order chi connectivity index (χ0) is 83.0. The molecule has 120 heavy (non-hydrogen) atoms. The highest BCUT2D eigenvalue weighted by atomic mass is 16.5. The van der Waals surface area contributed by atoms with Gasteiger partial charge in [0.1, 0.15) is 72.9 Å². The highest BCUT2D eigenvalue weighted by Crippen LogP contribution is 2.59. The van der Waals surface area contributed by atoms with E-state index in [4.69, 9.17) is 18.9 Å². The highest BCUT2D eigenvalue weighted by Gasteiger charge is 2.42. The summed E-state index contributed by atoms with van der Waals surface area (Å²) in [6.45, 7) is 14.8. The van der Waals surface area contributed by atoms with Crippen molar-refractivity contribution in [2.45, 2.75) is 361 Å². The number of phenolic OH excluding ortho intramolecular Hbond substituents is 4. The molecule has 8 bridgehead atoms. The predicted octanol–water partition coefficient (Wildman–Crippen LogP) is 28.4. The minimum atomic E-state index is -0.410. The average molecular weight is 1630 g/mol. The van der Waals surface area contributed by atoms with E-state index in [-0.39, 0.29) is 23.0 Å². The maximum atomic E-state index is 14.3. The van der Waals surface area contributed by atoms with Gasteiger partial charge in [-0.3, -0.25) is 19.6 Å². The molecule has 5 aliphatic rings. The van der Waals surface area contributed by atoms with Gasteiger partial charge in [-0.05, 0) is 72.2 Å². The van der Waals surface area contributed by atoms with Gasteiger partial charge in [0.2, 0.25) is 0 Å². The largest absolute Gasteiger partial charge is 0.507 e. The highest BCUT2D eigenvalue weighted by molar-refractivity contribution is 5.69. The maximum absolute atomic E-state index is 14.3. The second-order valence-corrected chi connectivity index (χ2v) is 36.5. The van der Waals surface area contributed by atoms with Gasteiger partial charge in [-0.15, -0.1) is 0 Å². The number of benzene rings is 8. The predicted molar refractivity (Wildman–Crippen MR) is 492 cm³/mol. The van der Waals surface area contributed by atoms with Crippen molar-refractivity contribution < 1.29 is 39.4 Å². The summed E-state index contributed by atoms with van der Waals surface area (Å²) in [5.74, 6) is 2.17. The standard InChI is InChI=1S/C108H148N4O8/c1-5-9-13-17-21-25-29-33-49-61-85-89-65-94(106-97(101(89)113)73-109(78-118-106)69-81-53-41-37-42-54-81)87(63-51-35-31-27-23-19-15-11-7-3)91-67-96(108-99(103(91)115)75-111(80-120-108)71-83-57-45-39-46-58-83)88(64-52-36-32-28-24-20-16-12-8-4)92-68-95(107-100(104(92)116)76-112(79-119-107)72-84-59-47-40-48-60-84)86(62-50-34-30-26-22-18-14-10-6-2)90-66-93(85)105-98(102(90)114)74-110(77-117-105)70-82-55-43-38-44-56-82/h37-48,53-60,65-68,85-88,113-116H,5-36,49-52,61-64,69-80H2,1-4H3/t85-,86-,87-,88-/m0/s1. The summed E-state index contributed by atoms with van der Waals surface area (Å²) in [5, 5.41) is 57.1. The quantitative estimate of drug-likeness (QED) is 0.0271. The summed E-state index contributed by atoms with van der Waals surface area (Å²) in [5.41, 5.74) is 15.1. The first kappa shape index (κ1) is 89.7. The van der Waals surface area contributed by atoms with E-state index in [2.05, 4.69) is 193 Å². The first-order valence-electron chi connectivity index (χ1n) is 48.2. The van der Waals surface area contributed by atoms with Crippen LogP contribution in [0.3, 0.4) is 0 Å². The monoisotopic (exact) mass is 1630 g/mol. The molecule has 8 aromatic carbocycles. The van der Waals surface area contributed by atoms with E-state index >= 15 is 0 Å². The number of hydrogen-bond acceptors (Lipinski definition) is 12. The van der Waals surface area contributed by atoms with Gasteiger partial charge in [-0.25, -0.2) is 0 Å². The van der Waals surface area contributed by atoms with Crippen molar-refractivity contribution in [3.8, 4) is 46.0 Å². The molecule has 13 rings (SSSR count). The van der Waals surface area contributed by atoms with Crippen LogP contribution >= 0.6 is 0 Å². The van der Waals surface area contributed by atoms with Crippen molar-refractivity contribution in [2.75, 3.05) is 26.9 Å². The number of aromatic hydroxyl groups is 4. The van der Waals surface area contributed by atoms with Crippen molar-refractivity contribution in [1.82, 2.24) is 19.6 Å². The third-order valence-electron chi connectivity index (χ3n) is 27.1. The Kier molecular flexibility index (Phi) is 35.6. The second-order valence-electron chi connectivity index (χ2n) is 36.5. The molecule has 4 N–H and O–H groups in total. The van der Waals surface area contributed by atoms with Crippen LogP contribution in [0.4, 0.5) is 0 Å². The summed E-state index contributed by atoms with van der Waals surface area (Å²) >= 11 is 0. The molecule has 12 heteroatoms. The molecule has 8 aromatic rings. The molecule has 12 nitrogen and oxygen atoms in total. The average Bonchev–Trinajstić information content (AvgIpc) is 0.721. The molecule has 4 aliphatic heterocycles. The van der Waals surface area contributed by atoms with E-state index in [1.807, 2.05) is 0 Å². The fourth-order valence-electron chi connectivity index (χ4n) is 20.4. The van der Waals surface area contributed by atoms with Crippen LogP contribution in [0.2, 0.25) is 0 Å². The van der Waals surface area contributed by atoms with Gasteiger partial charge >= 0.3 is 0 Å². The first-order valence-corrected chi connectivity index (χ1v) is 48.2. The Hall–Kier alpha value is -8.00. The molecule has 0 fully saturated rings. The minimum absolute atomic E-state index is 0.249. The van der Waals surface area contributed by atoms with Crippen LogP contribution in [0.25, 0.3) is 0 Å². The lowest BCUT2D eigenvalue weighted by Crippen LogP contribution is -2.33. The molecule has 0 saturated carbocycles. The van der Waals surface area contributed by atoms with Crippen LogP contribution < -0.4 is 18.9 Å².